The van der Waals surface area contributed by atoms with Crippen molar-refractivity contribution in [1.82, 2.24) is 19.9 Å². The zero-order chi connectivity index (χ0) is 21.3. The average Bonchev–Trinajstić information content (AvgIpc) is 3.26. The van der Waals surface area contributed by atoms with Crippen molar-refractivity contribution < 1.29 is 23.8 Å². The number of carbonyl (C=O) groups is 2. The first-order chi connectivity index (χ1) is 13.8. The van der Waals surface area contributed by atoms with Gasteiger partial charge in [0.2, 0.25) is 0 Å². The van der Waals surface area contributed by atoms with E-state index in [9.17, 15) is 9.59 Å². The van der Waals surface area contributed by atoms with Gasteiger partial charge in [0.1, 0.15) is 5.69 Å². The molecule has 29 heavy (non-hydrogen) atoms. The summed E-state index contributed by atoms with van der Waals surface area (Å²) in [4.78, 5) is 25.2. The number of hydrogen-bond acceptors (Lipinski definition) is 7. The van der Waals surface area contributed by atoms with Crippen LogP contribution >= 0.6 is 0 Å². The topological polar surface area (TPSA) is 95.8 Å². The molecule has 160 valence electrons. The highest BCUT2D eigenvalue weighted by Gasteiger charge is 2.25. The van der Waals surface area contributed by atoms with Crippen molar-refractivity contribution in [1.29, 1.82) is 0 Å². The van der Waals surface area contributed by atoms with Crippen LogP contribution in [0.4, 0.5) is 0 Å². The van der Waals surface area contributed by atoms with Crippen molar-refractivity contribution in [3.63, 3.8) is 0 Å². The SMILES string of the molecule is C=C1C=CC(=O)N1CCOCCOCCOCCn1cc(C(=O)C(C)(C)C)nn1. The first-order valence-electron chi connectivity index (χ1n) is 9.65. The average molecular weight is 406 g/mol. The second kappa shape index (κ2) is 11.0. The van der Waals surface area contributed by atoms with Gasteiger partial charge < -0.3 is 19.1 Å². The molecule has 9 nitrogen and oxygen atoms in total. The molecule has 9 heteroatoms. The molecule has 0 aromatic carbocycles. The minimum Gasteiger partial charge on any atom is -0.377 e. The number of Topliss-reactive ketones (excluding diaryl/α,β-unsaturated/α-hetero) is 1. The van der Waals surface area contributed by atoms with Gasteiger partial charge in [0.05, 0.1) is 52.4 Å². The van der Waals surface area contributed by atoms with Gasteiger partial charge in [-0.05, 0) is 6.08 Å². The van der Waals surface area contributed by atoms with Crippen molar-refractivity contribution >= 4 is 11.7 Å². The smallest absolute Gasteiger partial charge is 0.251 e. The van der Waals surface area contributed by atoms with E-state index in [1.807, 2.05) is 20.8 Å². The lowest BCUT2D eigenvalue weighted by Gasteiger charge is -2.16. The molecule has 0 unspecified atom stereocenters. The van der Waals surface area contributed by atoms with Gasteiger partial charge in [0.25, 0.3) is 5.91 Å². The number of amides is 1. The molecule has 1 aromatic heterocycles. The molecule has 1 amide bonds. The molecule has 1 aliphatic heterocycles. The Morgan fingerprint density at radius 1 is 1.00 bits per heavy atom. The Bertz CT molecular complexity index is 717. The first kappa shape index (κ1) is 22.9. The Balaban J connectivity index is 1.44. The number of ketones is 1. The van der Waals surface area contributed by atoms with Crippen LogP contribution in [0.1, 0.15) is 31.3 Å². The highest BCUT2D eigenvalue weighted by atomic mass is 16.5. The first-order valence-corrected chi connectivity index (χ1v) is 9.65. The number of allylic oxidation sites excluding steroid dienone is 1. The lowest BCUT2D eigenvalue weighted by atomic mass is 9.89. The quantitative estimate of drug-likeness (QED) is 0.361. The highest BCUT2D eigenvalue weighted by molar-refractivity contribution is 5.97. The van der Waals surface area contributed by atoms with Crippen LogP contribution in [0.2, 0.25) is 0 Å². The zero-order valence-electron chi connectivity index (χ0n) is 17.4. The van der Waals surface area contributed by atoms with Crippen LogP contribution in [0.5, 0.6) is 0 Å². The van der Waals surface area contributed by atoms with E-state index in [1.165, 1.54) is 6.08 Å². The van der Waals surface area contributed by atoms with Gasteiger partial charge in [0, 0.05) is 23.7 Å². The molecule has 2 heterocycles. The maximum Gasteiger partial charge on any atom is 0.251 e. The van der Waals surface area contributed by atoms with Crippen molar-refractivity contribution in [2.24, 2.45) is 5.41 Å². The van der Waals surface area contributed by atoms with Crippen LogP contribution in [0, 0.1) is 5.41 Å². The van der Waals surface area contributed by atoms with Crippen LogP contribution < -0.4 is 0 Å². The van der Waals surface area contributed by atoms with E-state index >= 15 is 0 Å². The van der Waals surface area contributed by atoms with Crippen molar-refractivity contribution in [2.45, 2.75) is 27.3 Å². The van der Waals surface area contributed by atoms with Gasteiger partial charge in [0.15, 0.2) is 5.78 Å². The van der Waals surface area contributed by atoms with E-state index in [4.69, 9.17) is 14.2 Å². The number of ether oxygens (including phenoxy) is 3. The summed E-state index contributed by atoms with van der Waals surface area (Å²) in [6.07, 6.45) is 4.84. The van der Waals surface area contributed by atoms with Crippen LogP contribution in [-0.2, 0) is 25.5 Å². The number of aromatic nitrogens is 3. The van der Waals surface area contributed by atoms with E-state index in [0.29, 0.717) is 64.1 Å². The lowest BCUT2D eigenvalue weighted by Crippen LogP contribution is -2.28. The molecule has 2 rings (SSSR count). The molecule has 0 fully saturated rings. The van der Waals surface area contributed by atoms with Crippen molar-refractivity contribution in [3.8, 4) is 0 Å². The van der Waals surface area contributed by atoms with E-state index in [0.717, 1.165) is 0 Å². The lowest BCUT2D eigenvalue weighted by molar-refractivity contribution is -0.123. The van der Waals surface area contributed by atoms with E-state index < -0.39 is 5.41 Å². The Morgan fingerprint density at radius 3 is 2.14 bits per heavy atom. The van der Waals surface area contributed by atoms with Gasteiger partial charge in [-0.2, -0.15) is 0 Å². The number of carbonyl (C=O) groups excluding carboxylic acids is 2. The summed E-state index contributed by atoms with van der Waals surface area (Å²) >= 11 is 0. The third-order valence-electron chi connectivity index (χ3n) is 4.15. The molecule has 0 N–H and O–H groups in total. The minimum atomic E-state index is -0.476. The van der Waals surface area contributed by atoms with Crippen molar-refractivity contribution in [3.05, 3.63) is 36.3 Å². The Labute approximate surface area is 171 Å². The maximum absolute atomic E-state index is 12.1. The van der Waals surface area contributed by atoms with Gasteiger partial charge in [-0.1, -0.05) is 32.6 Å². The number of nitrogens with zero attached hydrogens (tertiary/aromatic N) is 4. The Kier molecular flexibility index (Phi) is 8.69. The van der Waals surface area contributed by atoms with E-state index in [-0.39, 0.29) is 11.7 Å². The fourth-order valence-corrected chi connectivity index (χ4v) is 2.49. The van der Waals surface area contributed by atoms with Gasteiger partial charge in [-0.25, -0.2) is 4.68 Å². The molecule has 0 bridgehead atoms. The summed E-state index contributed by atoms with van der Waals surface area (Å²) in [5.74, 6) is -0.0937. The Hall–Kier alpha value is -2.36. The molecule has 0 saturated heterocycles. The fraction of sp³-hybridized carbons (Fsp3) is 0.600. The van der Waals surface area contributed by atoms with Gasteiger partial charge >= 0.3 is 0 Å². The number of hydrogen-bond donors (Lipinski definition) is 0. The third kappa shape index (κ3) is 7.52. The fourth-order valence-electron chi connectivity index (χ4n) is 2.49. The van der Waals surface area contributed by atoms with Gasteiger partial charge in [-0.15, -0.1) is 5.10 Å². The Morgan fingerprint density at radius 2 is 1.59 bits per heavy atom. The van der Waals surface area contributed by atoms with E-state index in [1.54, 1.807) is 21.9 Å². The second-order valence-electron chi connectivity index (χ2n) is 7.60. The normalized spacial score (nSPS) is 14.2. The summed E-state index contributed by atoms with van der Waals surface area (Å²) in [5, 5.41) is 7.87. The summed E-state index contributed by atoms with van der Waals surface area (Å²) in [6.45, 7) is 13.1. The van der Waals surface area contributed by atoms with Crippen LogP contribution in [0.3, 0.4) is 0 Å². The van der Waals surface area contributed by atoms with Gasteiger partial charge in [-0.3, -0.25) is 9.59 Å². The van der Waals surface area contributed by atoms with E-state index in [2.05, 4.69) is 16.9 Å². The second-order valence-corrected chi connectivity index (χ2v) is 7.60. The highest BCUT2D eigenvalue weighted by Crippen LogP contribution is 2.18. The summed E-state index contributed by atoms with van der Waals surface area (Å²) < 4.78 is 18.0. The zero-order valence-corrected chi connectivity index (χ0v) is 17.4. The largest absolute Gasteiger partial charge is 0.377 e. The van der Waals surface area contributed by atoms with Crippen LogP contribution in [-0.4, -0.2) is 77.8 Å². The summed E-state index contributed by atoms with van der Waals surface area (Å²) in [5.41, 5.74) is 0.584. The standard InChI is InChI=1S/C20H30N4O5/c1-16-5-6-18(25)24(16)8-10-28-12-14-29-13-11-27-9-7-23-15-17(21-22-23)19(26)20(2,3)4/h5-6,15H,1,7-14H2,2-4H3. The van der Waals surface area contributed by atoms with Crippen LogP contribution in [0.15, 0.2) is 30.6 Å². The van der Waals surface area contributed by atoms with Crippen LogP contribution in [0.25, 0.3) is 0 Å². The molecule has 0 atom stereocenters. The molecular formula is C20H30N4O5. The summed E-state index contributed by atoms with van der Waals surface area (Å²) in [7, 11) is 0. The predicted molar refractivity (Wildman–Crippen MR) is 106 cm³/mol. The number of rotatable bonds is 13. The predicted octanol–water partition coefficient (Wildman–Crippen LogP) is 1.47. The van der Waals surface area contributed by atoms with Crippen molar-refractivity contribution in [2.75, 3.05) is 46.2 Å². The molecule has 1 aliphatic rings. The summed E-state index contributed by atoms with van der Waals surface area (Å²) in [6, 6.07) is 0. The molecule has 1 aromatic rings. The monoisotopic (exact) mass is 406 g/mol. The molecular weight excluding hydrogens is 376 g/mol. The molecule has 0 spiro atoms. The molecule has 0 saturated carbocycles. The molecule has 0 radical (unpaired) electrons. The minimum absolute atomic E-state index is 0.0334. The maximum atomic E-state index is 12.1. The third-order valence-corrected chi connectivity index (χ3v) is 4.15. The molecule has 0 aliphatic carbocycles.